The van der Waals surface area contributed by atoms with E-state index in [4.69, 9.17) is 24.2 Å². The molecule has 0 spiro atoms. The number of allylic oxidation sites excluding steroid dienone is 1. The lowest BCUT2D eigenvalue weighted by molar-refractivity contribution is -0.258. The van der Waals surface area contributed by atoms with E-state index in [1.807, 2.05) is 13.0 Å². The Morgan fingerprint density at radius 3 is 2.56 bits per heavy atom. The molecule has 2 N–H and O–H groups in total. The molecule has 8 rings (SSSR count). The predicted molar refractivity (Wildman–Crippen MR) is 244 cm³/mol. The largest absolute Gasteiger partial charge is 0.492 e. The maximum Gasteiger partial charge on any atom is 0.239 e. The number of aliphatic hydroxyl groups excluding tert-OH is 2. The number of oxime groups is 1. The second-order valence-electron chi connectivity index (χ2n) is 18.2. The summed E-state index contributed by atoms with van der Waals surface area (Å²) in [6.07, 6.45) is 15.7. The first-order valence-electron chi connectivity index (χ1n) is 23.8. The van der Waals surface area contributed by atoms with Gasteiger partial charge in [0.2, 0.25) is 11.7 Å². The van der Waals surface area contributed by atoms with E-state index in [0.717, 1.165) is 103 Å². The van der Waals surface area contributed by atoms with Crippen molar-refractivity contribution in [2.45, 2.75) is 115 Å². The molecule has 2 saturated carbocycles. The molecule has 1 saturated heterocycles. The van der Waals surface area contributed by atoms with Crippen LogP contribution in [0.3, 0.4) is 0 Å². The van der Waals surface area contributed by atoms with E-state index in [1.165, 1.54) is 25.7 Å². The van der Waals surface area contributed by atoms with Gasteiger partial charge in [-0.2, -0.15) is 0 Å². The van der Waals surface area contributed by atoms with E-state index in [0.29, 0.717) is 44.9 Å². The monoisotopic (exact) mass is 848 g/mol. The molecule has 2 aliphatic heterocycles. The maximum absolute atomic E-state index is 15.3. The number of nitrogens with zero attached hydrogens (tertiary/aromatic N) is 3. The number of rotatable bonds is 23. The van der Waals surface area contributed by atoms with E-state index in [9.17, 15) is 10.2 Å². The number of ether oxygens (including phenoxy) is 3. The van der Waals surface area contributed by atoms with E-state index in [2.05, 4.69) is 77.1 Å². The lowest BCUT2D eigenvalue weighted by atomic mass is 9.55. The number of fused-ring (bicyclic) bond motifs is 3. The molecule has 0 radical (unpaired) electrons. The van der Waals surface area contributed by atoms with Crippen LogP contribution >= 0.6 is 0 Å². The van der Waals surface area contributed by atoms with Gasteiger partial charge in [-0.1, -0.05) is 98.3 Å². The summed E-state index contributed by atoms with van der Waals surface area (Å²) in [5.41, 5.74) is 4.04. The molecule has 2 heterocycles. The zero-order valence-electron chi connectivity index (χ0n) is 36.9. The Morgan fingerprint density at radius 2 is 1.79 bits per heavy atom. The van der Waals surface area contributed by atoms with Crippen molar-refractivity contribution >= 4 is 22.4 Å². The number of benzene rings is 3. The molecule has 3 aromatic rings. The Labute approximate surface area is 368 Å². The molecular formula is C52H69N3O7. The molecule has 10 nitrogen and oxygen atoms in total. The molecule has 3 fully saturated rings. The summed E-state index contributed by atoms with van der Waals surface area (Å²) in [4.78, 5) is 25.8. The molecule has 3 aliphatic carbocycles. The Balaban J connectivity index is 1.30. The first-order chi connectivity index (χ1) is 30.5. The molecular weight excluding hydrogens is 779 g/mol. The summed E-state index contributed by atoms with van der Waals surface area (Å²) in [6, 6.07) is 20.5. The molecule has 0 bridgehead atoms. The van der Waals surface area contributed by atoms with Crippen molar-refractivity contribution in [2.24, 2.45) is 28.8 Å². The molecule has 10 heteroatoms. The van der Waals surface area contributed by atoms with Gasteiger partial charge in [0, 0.05) is 63.7 Å². The Kier molecular flexibility index (Phi) is 15.0. The minimum Gasteiger partial charge on any atom is -0.492 e. The highest BCUT2D eigenvalue weighted by Crippen LogP contribution is 2.62. The van der Waals surface area contributed by atoms with E-state index in [1.54, 1.807) is 6.08 Å². The number of hydrogen-bond donors (Lipinski definition) is 2. The number of hydrogen-bond acceptors (Lipinski definition) is 9. The fourth-order valence-corrected chi connectivity index (χ4v) is 11.2. The van der Waals surface area contributed by atoms with Gasteiger partial charge in [0.25, 0.3) is 0 Å². The highest BCUT2D eigenvalue weighted by Gasteiger charge is 2.65. The molecule has 6 atom stereocenters. The van der Waals surface area contributed by atoms with Gasteiger partial charge >= 0.3 is 0 Å². The van der Waals surface area contributed by atoms with Gasteiger partial charge in [-0.3, -0.25) is 9.69 Å². The zero-order valence-corrected chi connectivity index (χ0v) is 36.9. The average Bonchev–Trinajstić information content (AvgIpc) is 3.97. The maximum atomic E-state index is 15.3. The fraction of sp³-hybridized carbons (Fsp3) is 0.577. The van der Waals surface area contributed by atoms with E-state index in [-0.39, 0.29) is 49.4 Å². The number of unbranched alkanes of at least 4 members (excludes halogenated alkanes) is 2. The molecule has 1 amide bonds. The standard InChI is InChI=1S/C52H69N3O7/c1-3-31-60-52-48(55(49(58)25-22-37-14-5-6-15-37)36-40-19-13-18-38-16-7-8-20-42(38)40)35-46(53-61-4-2)44-33-39(17-9-11-29-56)43(21-10-12-30-57)50(51(44)52)45-34-41(23-24-47(45)62-52)59-32-28-54-26-27-54/h3,7-8,13,16,18-20,23-24,33-34,37,39,43,48,50-51,56-57H,1,4-6,9-12,14-15,17,21-22,25-32,35-36H2,2H3. The molecule has 6 unspecified atom stereocenters. The minimum absolute atomic E-state index is 0.0953. The second kappa shape index (κ2) is 21.0. The molecule has 0 aromatic heterocycles. The van der Waals surface area contributed by atoms with Crippen molar-refractivity contribution in [1.82, 2.24) is 9.80 Å². The lowest BCUT2D eigenvalue weighted by Gasteiger charge is -2.60. The number of carbonyl (C=O) groups is 1. The van der Waals surface area contributed by atoms with Crippen LogP contribution in [0.5, 0.6) is 11.5 Å². The summed E-state index contributed by atoms with van der Waals surface area (Å²) in [6.45, 7) is 11.1. The highest BCUT2D eigenvalue weighted by molar-refractivity contribution is 6.03. The van der Waals surface area contributed by atoms with Gasteiger partial charge in [-0.05, 0) is 96.9 Å². The number of amides is 1. The van der Waals surface area contributed by atoms with E-state index >= 15 is 4.79 Å². The normalized spacial score (nSPS) is 26.1. The Morgan fingerprint density at radius 1 is 1.00 bits per heavy atom. The predicted octanol–water partition coefficient (Wildman–Crippen LogP) is 9.19. The third-order valence-electron chi connectivity index (χ3n) is 14.3. The van der Waals surface area contributed by atoms with Crippen LogP contribution < -0.4 is 9.47 Å². The first kappa shape index (κ1) is 44.4. The highest BCUT2D eigenvalue weighted by atomic mass is 16.7. The summed E-state index contributed by atoms with van der Waals surface area (Å²) in [5, 5.41) is 27.1. The molecule has 62 heavy (non-hydrogen) atoms. The van der Waals surface area contributed by atoms with Gasteiger partial charge in [0.05, 0.1) is 18.2 Å². The van der Waals surface area contributed by atoms with Crippen molar-refractivity contribution < 1.29 is 34.1 Å². The summed E-state index contributed by atoms with van der Waals surface area (Å²) >= 11 is 0. The zero-order chi connectivity index (χ0) is 42.9. The van der Waals surface area contributed by atoms with Crippen LogP contribution in [0.25, 0.3) is 10.8 Å². The van der Waals surface area contributed by atoms with Gasteiger partial charge < -0.3 is 34.2 Å². The van der Waals surface area contributed by atoms with Crippen LogP contribution in [0.2, 0.25) is 0 Å². The quantitative estimate of drug-likeness (QED) is 0.0421. The van der Waals surface area contributed by atoms with Gasteiger partial charge in [0.1, 0.15) is 30.8 Å². The van der Waals surface area contributed by atoms with Crippen LogP contribution in [0.1, 0.15) is 107 Å². The Bertz CT molecular complexity index is 2040. The molecule has 3 aromatic carbocycles. The smallest absolute Gasteiger partial charge is 0.239 e. The third kappa shape index (κ3) is 9.79. The number of carbonyl (C=O) groups excluding carboxylic acids is 1. The van der Waals surface area contributed by atoms with Crippen LogP contribution in [-0.2, 0) is 20.9 Å². The van der Waals surface area contributed by atoms with E-state index < -0.39 is 11.8 Å². The minimum atomic E-state index is -1.30. The summed E-state index contributed by atoms with van der Waals surface area (Å²) in [5.74, 6) is 0.762. The van der Waals surface area contributed by atoms with Crippen molar-refractivity contribution in [3.8, 4) is 11.5 Å². The second-order valence-corrected chi connectivity index (χ2v) is 18.2. The molecule has 334 valence electrons. The number of aliphatic hydroxyl groups is 2. The van der Waals surface area contributed by atoms with Gasteiger partial charge in [-0.25, -0.2) is 0 Å². The lowest BCUT2D eigenvalue weighted by Crippen LogP contribution is -2.70. The Hall–Kier alpha value is -4.22. The first-order valence-corrected chi connectivity index (χ1v) is 23.8. The van der Waals surface area contributed by atoms with Crippen LogP contribution in [0.4, 0.5) is 0 Å². The SMILES string of the molecule is C=CCOC12Oc3ccc(OCCN4CC4)cc3C3C(CCCCO)C(CCCCO)C=C(C(=NOCC)CC1N(Cc1cccc4ccccc14)C(=O)CCC1CCCC1)C32. The van der Waals surface area contributed by atoms with Crippen LogP contribution in [0.15, 0.2) is 90.1 Å². The van der Waals surface area contributed by atoms with Gasteiger partial charge in [0.15, 0.2) is 0 Å². The topological polar surface area (TPSA) is 113 Å². The summed E-state index contributed by atoms with van der Waals surface area (Å²) < 4.78 is 21.3. The van der Waals surface area contributed by atoms with Crippen LogP contribution in [0, 0.1) is 23.7 Å². The van der Waals surface area contributed by atoms with Crippen molar-refractivity contribution in [3.63, 3.8) is 0 Å². The third-order valence-corrected chi connectivity index (χ3v) is 14.3. The average molecular weight is 848 g/mol. The summed E-state index contributed by atoms with van der Waals surface area (Å²) in [7, 11) is 0. The fourth-order valence-electron chi connectivity index (χ4n) is 11.2. The molecule has 5 aliphatic rings. The van der Waals surface area contributed by atoms with Crippen molar-refractivity contribution in [3.05, 3.63) is 96.1 Å². The van der Waals surface area contributed by atoms with Crippen molar-refractivity contribution in [2.75, 3.05) is 52.7 Å². The van der Waals surface area contributed by atoms with Crippen molar-refractivity contribution in [1.29, 1.82) is 0 Å². The van der Waals surface area contributed by atoms with Crippen LogP contribution in [-0.4, -0.2) is 96.1 Å². The van der Waals surface area contributed by atoms with Gasteiger partial charge in [-0.15, -0.1) is 6.58 Å².